The first-order valence-corrected chi connectivity index (χ1v) is 6.78. The maximum Gasteiger partial charge on any atom is 0.226 e. The Bertz CT molecular complexity index is 246. The molecule has 3 nitrogen and oxygen atoms in total. The first-order chi connectivity index (χ1) is 7.77. The number of amides is 1. The molecule has 1 aliphatic carbocycles. The molecule has 17 heavy (non-hydrogen) atoms. The van der Waals surface area contributed by atoms with E-state index in [2.05, 4.69) is 17.6 Å². The van der Waals surface area contributed by atoms with E-state index in [1.807, 2.05) is 0 Å². The molecule has 2 fully saturated rings. The fourth-order valence-corrected chi connectivity index (χ4v) is 3.10. The van der Waals surface area contributed by atoms with Gasteiger partial charge < -0.3 is 10.6 Å². The molecular formula is C13H25ClN2O. The molecule has 2 rings (SSSR count). The molecule has 1 amide bonds. The van der Waals surface area contributed by atoms with Crippen molar-refractivity contribution < 1.29 is 4.79 Å². The molecule has 4 heteroatoms. The molecule has 0 spiro atoms. The fourth-order valence-electron chi connectivity index (χ4n) is 3.10. The SMILES string of the molecule is CCC1(C(=O)NC2CCNCC2)CCCC1.Cl. The van der Waals surface area contributed by atoms with E-state index >= 15 is 0 Å². The average Bonchev–Trinajstić information content (AvgIpc) is 2.80. The molecule has 2 N–H and O–H groups in total. The second kappa shape index (κ2) is 6.60. The quantitative estimate of drug-likeness (QED) is 0.817. The Labute approximate surface area is 111 Å². The van der Waals surface area contributed by atoms with Crippen molar-refractivity contribution in [2.45, 2.75) is 57.9 Å². The Hall–Kier alpha value is -0.280. The lowest BCUT2D eigenvalue weighted by atomic mass is 9.82. The highest BCUT2D eigenvalue weighted by Gasteiger charge is 2.39. The van der Waals surface area contributed by atoms with Crippen molar-refractivity contribution in [1.29, 1.82) is 0 Å². The van der Waals surface area contributed by atoms with Crippen LogP contribution in [0.15, 0.2) is 0 Å². The predicted octanol–water partition coefficient (Wildman–Crippen LogP) is 2.25. The van der Waals surface area contributed by atoms with E-state index in [0.717, 1.165) is 45.2 Å². The summed E-state index contributed by atoms with van der Waals surface area (Å²) in [5.41, 5.74) is -0.0229. The maximum atomic E-state index is 12.3. The van der Waals surface area contributed by atoms with Crippen molar-refractivity contribution >= 4 is 18.3 Å². The van der Waals surface area contributed by atoms with Crippen LogP contribution in [0.1, 0.15) is 51.9 Å². The predicted molar refractivity (Wildman–Crippen MR) is 72.5 cm³/mol. The number of nitrogens with one attached hydrogen (secondary N) is 2. The zero-order valence-electron chi connectivity index (χ0n) is 10.8. The molecule has 0 bridgehead atoms. The van der Waals surface area contributed by atoms with Crippen LogP contribution in [0, 0.1) is 5.41 Å². The average molecular weight is 261 g/mol. The monoisotopic (exact) mass is 260 g/mol. The molecule has 0 atom stereocenters. The normalized spacial score (nSPS) is 24.1. The second-order valence-corrected chi connectivity index (χ2v) is 5.34. The van der Waals surface area contributed by atoms with Crippen molar-refractivity contribution in [3.05, 3.63) is 0 Å². The Morgan fingerprint density at radius 3 is 2.41 bits per heavy atom. The summed E-state index contributed by atoms with van der Waals surface area (Å²) in [5, 5.41) is 6.60. The van der Waals surface area contributed by atoms with Crippen LogP contribution in [0.4, 0.5) is 0 Å². The van der Waals surface area contributed by atoms with Crippen LogP contribution in [0.2, 0.25) is 0 Å². The topological polar surface area (TPSA) is 41.1 Å². The smallest absolute Gasteiger partial charge is 0.226 e. The van der Waals surface area contributed by atoms with Crippen molar-refractivity contribution in [2.24, 2.45) is 5.41 Å². The third-order valence-corrected chi connectivity index (χ3v) is 4.39. The Kier molecular flexibility index (Phi) is 5.74. The van der Waals surface area contributed by atoms with Gasteiger partial charge in [-0.2, -0.15) is 0 Å². The van der Waals surface area contributed by atoms with E-state index in [-0.39, 0.29) is 17.8 Å². The van der Waals surface area contributed by atoms with E-state index in [4.69, 9.17) is 0 Å². The number of halogens is 1. The van der Waals surface area contributed by atoms with E-state index < -0.39 is 0 Å². The van der Waals surface area contributed by atoms with Crippen LogP contribution in [0.5, 0.6) is 0 Å². The summed E-state index contributed by atoms with van der Waals surface area (Å²) in [7, 11) is 0. The van der Waals surface area contributed by atoms with Gasteiger partial charge in [-0.3, -0.25) is 4.79 Å². The summed E-state index contributed by atoms with van der Waals surface area (Å²) < 4.78 is 0. The minimum atomic E-state index is -0.0229. The largest absolute Gasteiger partial charge is 0.353 e. The summed E-state index contributed by atoms with van der Waals surface area (Å²) in [6, 6.07) is 0.415. The third-order valence-electron chi connectivity index (χ3n) is 4.39. The molecule has 1 aliphatic heterocycles. The van der Waals surface area contributed by atoms with Gasteiger partial charge in [0.2, 0.25) is 5.91 Å². The van der Waals surface area contributed by atoms with Crippen LogP contribution in [-0.2, 0) is 4.79 Å². The first-order valence-electron chi connectivity index (χ1n) is 6.78. The summed E-state index contributed by atoms with van der Waals surface area (Å²) in [5.74, 6) is 0.333. The molecule has 0 radical (unpaired) electrons. The van der Waals surface area contributed by atoms with Crippen molar-refractivity contribution in [3.63, 3.8) is 0 Å². The molecule has 1 heterocycles. The fraction of sp³-hybridized carbons (Fsp3) is 0.923. The van der Waals surface area contributed by atoms with Gasteiger partial charge in [-0.05, 0) is 45.2 Å². The van der Waals surface area contributed by atoms with Crippen LogP contribution < -0.4 is 10.6 Å². The number of hydrogen-bond acceptors (Lipinski definition) is 2. The number of rotatable bonds is 3. The molecule has 1 saturated carbocycles. The zero-order chi connectivity index (χ0) is 11.4. The van der Waals surface area contributed by atoms with Crippen molar-refractivity contribution in [3.8, 4) is 0 Å². The molecular weight excluding hydrogens is 236 g/mol. The highest BCUT2D eigenvalue weighted by atomic mass is 35.5. The summed E-state index contributed by atoms with van der Waals surface area (Å²) >= 11 is 0. The number of hydrogen-bond donors (Lipinski definition) is 2. The molecule has 0 aromatic rings. The molecule has 1 saturated heterocycles. The Morgan fingerprint density at radius 1 is 1.29 bits per heavy atom. The molecule has 0 aromatic carbocycles. The number of carbonyl (C=O) groups is 1. The van der Waals surface area contributed by atoms with Gasteiger partial charge in [0.25, 0.3) is 0 Å². The lowest BCUT2D eigenvalue weighted by molar-refractivity contribution is -0.132. The Morgan fingerprint density at radius 2 is 1.88 bits per heavy atom. The summed E-state index contributed by atoms with van der Waals surface area (Å²) in [6.45, 7) is 4.25. The second-order valence-electron chi connectivity index (χ2n) is 5.34. The summed E-state index contributed by atoms with van der Waals surface area (Å²) in [6.07, 6.45) is 7.84. The first kappa shape index (κ1) is 14.8. The van der Waals surface area contributed by atoms with Crippen LogP contribution >= 0.6 is 12.4 Å². The van der Waals surface area contributed by atoms with E-state index in [9.17, 15) is 4.79 Å². The highest BCUT2D eigenvalue weighted by molar-refractivity contribution is 5.85. The van der Waals surface area contributed by atoms with Gasteiger partial charge in [0.05, 0.1) is 0 Å². The number of carbonyl (C=O) groups excluding carboxylic acids is 1. The minimum absolute atomic E-state index is 0. The molecule has 100 valence electrons. The van der Waals surface area contributed by atoms with Gasteiger partial charge in [-0.1, -0.05) is 19.8 Å². The van der Waals surface area contributed by atoms with Crippen LogP contribution in [0.3, 0.4) is 0 Å². The van der Waals surface area contributed by atoms with Crippen LogP contribution in [0.25, 0.3) is 0 Å². The van der Waals surface area contributed by atoms with Gasteiger partial charge in [0.1, 0.15) is 0 Å². The van der Waals surface area contributed by atoms with Gasteiger partial charge in [-0.15, -0.1) is 12.4 Å². The van der Waals surface area contributed by atoms with E-state index in [1.54, 1.807) is 0 Å². The van der Waals surface area contributed by atoms with Gasteiger partial charge in [0, 0.05) is 11.5 Å². The molecule has 0 aromatic heterocycles. The molecule has 0 unspecified atom stereocenters. The minimum Gasteiger partial charge on any atom is -0.353 e. The summed E-state index contributed by atoms with van der Waals surface area (Å²) in [4.78, 5) is 12.3. The lowest BCUT2D eigenvalue weighted by Crippen LogP contribution is -2.48. The lowest BCUT2D eigenvalue weighted by Gasteiger charge is -2.31. The third kappa shape index (κ3) is 3.35. The van der Waals surface area contributed by atoms with E-state index in [0.29, 0.717) is 11.9 Å². The van der Waals surface area contributed by atoms with Crippen molar-refractivity contribution in [1.82, 2.24) is 10.6 Å². The molecule has 2 aliphatic rings. The van der Waals surface area contributed by atoms with Gasteiger partial charge in [-0.25, -0.2) is 0 Å². The highest BCUT2D eigenvalue weighted by Crippen LogP contribution is 2.41. The number of piperidine rings is 1. The Balaban J connectivity index is 0.00000144. The van der Waals surface area contributed by atoms with Crippen molar-refractivity contribution in [2.75, 3.05) is 13.1 Å². The standard InChI is InChI=1S/C13H24N2O.ClH/c1-2-13(7-3-4-8-13)12(16)15-11-5-9-14-10-6-11;/h11,14H,2-10H2,1H3,(H,15,16);1H. The van der Waals surface area contributed by atoms with E-state index in [1.165, 1.54) is 12.8 Å². The van der Waals surface area contributed by atoms with Gasteiger partial charge in [0.15, 0.2) is 0 Å². The van der Waals surface area contributed by atoms with Crippen LogP contribution in [-0.4, -0.2) is 25.0 Å². The maximum absolute atomic E-state index is 12.3. The van der Waals surface area contributed by atoms with Gasteiger partial charge >= 0.3 is 0 Å². The zero-order valence-corrected chi connectivity index (χ0v) is 11.6.